The van der Waals surface area contributed by atoms with E-state index < -0.39 is 15.8 Å². The molecule has 31 heavy (non-hydrogen) atoms. The number of carbonyl (C=O) groups is 1. The van der Waals surface area contributed by atoms with Crippen LogP contribution in [0.15, 0.2) is 77.7 Å². The standard InChI is InChI=1S/C23H23FN2O4S/c1-25(16-17-9-14-22(30-3)21(24)15-17)23(27)18-10-12-20(13-11-18)31(28,29)26(2)19-7-5-4-6-8-19/h4-15H,16H2,1-3H3. The van der Waals surface area contributed by atoms with E-state index in [-0.39, 0.29) is 23.1 Å². The highest BCUT2D eigenvalue weighted by Crippen LogP contribution is 2.23. The zero-order chi connectivity index (χ0) is 22.6. The molecule has 0 aliphatic heterocycles. The molecule has 3 aromatic rings. The van der Waals surface area contributed by atoms with Crippen LogP contribution in [0, 0.1) is 5.82 Å². The number of anilines is 1. The predicted molar refractivity (Wildman–Crippen MR) is 117 cm³/mol. The van der Waals surface area contributed by atoms with Gasteiger partial charge in [-0.2, -0.15) is 0 Å². The molecule has 0 radical (unpaired) electrons. The van der Waals surface area contributed by atoms with Gasteiger partial charge in [0.15, 0.2) is 11.6 Å². The summed E-state index contributed by atoms with van der Waals surface area (Å²) in [7, 11) is 0.698. The minimum absolute atomic E-state index is 0.0790. The molecule has 0 atom stereocenters. The van der Waals surface area contributed by atoms with Crippen molar-refractivity contribution in [2.24, 2.45) is 0 Å². The SMILES string of the molecule is COc1ccc(CN(C)C(=O)c2ccc(S(=O)(=O)N(C)c3ccccc3)cc2)cc1F. The maximum absolute atomic E-state index is 13.9. The maximum atomic E-state index is 13.9. The maximum Gasteiger partial charge on any atom is 0.264 e. The van der Waals surface area contributed by atoms with Crippen LogP contribution in [-0.2, 0) is 16.6 Å². The Bertz CT molecular complexity index is 1170. The summed E-state index contributed by atoms with van der Waals surface area (Å²) >= 11 is 0. The molecule has 162 valence electrons. The molecule has 0 fully saturated rings. The van der Waals surface area contributed by atoms with E-state index in [2.05, 4.69) is 0 Å². The van der Waals surface area contributed by atoms with Crippen LogP contribution in [0.3, 0.4) is 0 Å². The number of halogens is 1. The first-order valence-electron chi connectivity index (χ1n) is 9.46. The van der Waals surface area contributed by atoms with Gasteiger partial charge in [0.25, 0.3) is 15.9 Å². The number of hydrogen-bond donors (Lipinski definition) is 0. The Labute approximate surface area is 181 Å². The summed E-state index contributed by atoms with van der Waals surface area (Å²) in [4.78, 5) is 14.2. The van der Waals surface area contributed by atoms with E-state index >= 15 is 0 Å². The van der Waals surface area contributed by atoms with Crippen LogP contribution in [0.5, 0.6) is 5.75 Å². The summed E-state index contributed by atoms with van der Waals surface area (Å²) < 4.78 is 45.7. The third-order valence-corrected chi connectivity index (χ3v) is 6.66. The van der Waals surface area contributed by atoms with Crippen molar-refractivity contribution in [1.29, 1.82) is 0 Å². The molecule has 0 bridgehead atoms. The second-order valence-corrected chi connectivity index (χ2v) is 8.93. The Balaban J connectivity index is 1.74. The lowest BCUT2D eigenvalue weighted by atomic mass is 10.1. The van der Waals surface area contributed by atoms with Crippen molar-refractivity contribution in [1.82, 2.24) is 4.90 Å². The van der Waals surface area contributed by atoms with E-state index in [0.29, 0.717) is 16.8 Å². The van der Waals surface area contributed by atoms with Crippen LogP contribution < -0.4 is 9.04 Å². The van der Waals surface area contributed by atoms with Crippen molar-refractivity contribution in [3.05, 3.63) is 89.7 Å². The predicted octanol–water partition coefficient (Wildman–Crippen LogP) is 3.93. The number of hydrogen-bond acceptors (Lipinski definition) is 4. The fourth-order valence-corrected chi connectivity index (χ4v) is 4.27. The van der Waals surface area contributed by atoms with E-state index in [4.69, 9.17) is 4.74 Å². The first kappa shape index (κ1) is 22.3. The molecule has 0 aromatic heterocycles. The van der Waals surface area contributed by atoms with Crippen LogP contribution >= 0.6 is 0 Å². The molecule has 0 unspecified atom stereocenters. The summed E-state index contributed by atoms with van der Waals surface area (Å²) in [6, 6.07) is 19.0. The molecule has 0 aliphatic carbocycles. The average Bonchev–Trinajstić information content (AvgIpc) is 2.78. The number of ether oxygens (including phenoxy) is 1. The molecule has 0 N–H and O–H groups in total. The highest BCUT2D eigenvalue weighted by Gasteiger charge is 2.22. The van der Waals surface area contributed by atoms with Crippen LogP contribution in [0.4, 0.5) is 10.1 Å². The minimum Gasteiger partial charge on any atom is -0.494 e. The molecule has 3 rings (SSSR count). The number of methoxy groups -OCH3 is 1. The molecule has 0 aliphatic rings. The molecule has 0 heterocycles. The number of nitrogens with zero attached hydrogens (tertiary/aromatic N) is 2. The molecule has 0 saturated carbocycles. The summed E-state index contributed by atoms with van der Waals surface area (Å²) in [6.07, 6.45) is 0. The number of para-hydroxylation sites is 1. The van der Waals surface area contributed by atoms with Crippen LogP contribution in [-0.4, -0.2) is 40.4 Å². The van der Waals surface area contributed by atoms with E-state index in [9.17, 15) is 17.6 Å². The van der Waals surface area contributed by atoms with Gasteiger partial charge in [0.05, 0.1) is 17.7 Å². The first-order valence-corrected chi connectivity index (χ1v) is 10.9. The number of rotatable bonds is 7. The van der Waals surface area contributed by atoms with Gasteiger partial charge in [-0.1, -0.05) is 24.3 Å². The summed E-state index contributed by atoms with van der Waals surface area (Å²) in [5.74, 6) is -0.676. The van der Waals surface area contributed by atoms with E-state index in [1.807, 2.05) is 0 Å². The third kappa shape index (κ3) is 4.86. The van der Waals surface area contributed by atoms with Gasteiger partial charge in [-0.3, -0.25) is 9.10 Å². The van der Waals surface area contributed by atoms with Gasteiger partial charge >= 0.3 is 0 Å². The Morgan fingerprint density at radius 1 is 0.968 bits per heavy atom. The molecule has 3 aromatic carbocycles. The van der Waals surface area contributed by atoms with Gasteiger partial charge in [-0.15, -0.1) is 0 Å². The Kier molecular flexibility index (Phi) is 6.60. The number of sulfonamides is 1. The number of benzene rings is 3. The first-order chi connectivity index (χ1) is 14.7. The Hall–Kier alpha value is -3.39. The fourth-order valence-electron chi connectivity index (χ4n) is 3.08. The van der Waals surface area contributed by atoms with Gasteiger partial charge in [0.2, 0.25) is 0 Å². The molecule has 6 nitrogen and oxygen atoms in total. The second-order valence-electron chi connectivity index (χ2n) is 6.96. The summed E-state index contributed by atoms with van der Waals surface area (Å²) in [6.45, 7) is 0.191. The van der Waals surface area contributed by atoms with Crippen molar-refractivity contribution < 1.29 is 22.3 Å². The second kappa shape index (κ2) is 9.18. The normalized spacial score (nSPS) is 11.1. The van der Waals surface area contributed by atoms with Crippen LogP contribution in [0.1, 0.15) is 15.9 Å². The van der Waals surface area contributed by atoms with Crippen LogP contribution in [0.25, 0.3) is 0 Å². The van der Waals surface area contributed by atoms with E-state index in [1.54, 1.807) is 43.4 Å². The van der Waals surface area contributed by atoms with Gasteiger partial charge in [-0.25, -0.2) is 12.8 Å². The van der Waals surface area contributed by atoms with E-state index in [1.165, 1.54) is 59.8 Å². The summed E-state index contributed by atoms with van der Waals surface area (Å²) in [5.41, 5.74) is 1.48. The zero-order valence-corrected chi connectivity index (χ0v) is 18.3. The Morgan fingerprint density at radius 3 is 2.19 bits per heavy atom. The van der Waals surface area contributed by atoms with Crippen molar-refractivity contribution in [2.75, 3.05) is 25.5 Å². The lowest BCUT2D eigenvalue weighted by Gasteiger charge is -2.20. The highest BCUT2D eigenvalue weighted by molar-refractivity contribution is 7.92. The monoisotopic (exact) mass is 442 g/mol. The van der Waals surface area contributed by atoms with Gasteiger partial charge in [-0.05, 0) is 54.1 Å². The van der Waals surface area contributed by atoms with Crippen molar-refractivity contribution in [3.63, 3.8) is 0 Å². The fraction of sp³-hybridized carbons (Fsp3) is 0.174. The Morgan fingerprint density at radius 2 is 1.61 bits per heavy atom. The topological polar surface area (TPSA) is 66.9 Å². The minimum atomic E-state index is -3.76. The lowest BCUT2D eigenvalue weighted by Crippen LogP contribution is -2.27. The van der Waals surface area contributed by atoms with E-state index in [0.717, 1.165) is 0 Å². The quantitative estimate of drug-likeness (QED) is 0.556. The molecule has 8 heteroatoms. The van der Waals surface area contributed by atoms with Crippen molar-refractivity contribution >= 4 is 21.6 Å². The number of amides is 1. The van der Waals surface area contributed by atoms with Crippen molar-refractivity contribution in [3.8, 4) is 5.75 Å². The molecular weight excluding hydrogens is 419 g/mol. The van der Waals surface area contributed by atoms with Crippen LogP contribution in [0.2, 0.25) is 0 Å². The summed E-state index contributed by atoms with van der Waals surface area (Å²) in [5, 5.41) is 0. The largest absolute Gasteiger partial charge is 0.494 e. The smallest absolute Gasteiger partial charge is 0.264 e. The van der Waals surface area contributed by atoms with Crippen molar-refractivity contribution in [2.45, 2.75) is 11.4 Å². The molecule has 0 spiro atoms. The highest BCUT2D eigenvalue weighted by atomic mass is 32.2. The molecule has 1 amide bonds. The molecular formula is C23H23FN2O4S. The molecule has 0 saturated heterocycles. The van der Waals surface area contributed by atoms with Gasteiger partial charge < -0.3 is 9.64 Å². The van der Waals surface area contributed by atoms with Gasteiger partial charge in [0.1, 0.15) is 0 Å². The zero-order valence-electron chi connectivity index (χ0n) is 17.4. The average molecular weight is 443 g/mol. The number of carbonyl (C=O) groups excluding carboxylic acids is 1. The lowest BCUT2D eigenvalue weighted by molar-refractivity contribution is 0.0785. The van der Waals surface area contributed by atoms with Gasteiger partial charge in [0, 0.05) is 26.2 Å². The third-order valence-electron chi connectivity index (χ3n) is 4.86.